The Kier molecular flexibility index (Phi) is 3.47. The molecule has 0 aliphatic rings. The van der Waals surface area contributed by atoms with E-state index in [-0.39, 0.29) is 0 Å². The number of pyridine rings is 1. The Labute approximate surface area is 81.2 Å². The number of hydrogen-bond acceptors (Lipinski definition) is 1. The van der Waals surface area contributed by atoms with Crippen LogP contribution in [0.25, 0.3) is 0 Å². The molecule has 1 rings (SSSR count). The van der Waals surface area contributed by atoms with Gasteiger partial charge in [-0.15, -0.1) is 0 Å². The van der Waals surface area contributed by atoms with Gasteiger partial charge in [-0.1, -0.05) is 13.3 Å². The smallest absolute Gasteiger partial charge is 0.0410 e. The summed E-state index contributed by atoms with van der Waals surface area (Å²) in [5.74, 6) is 0. The molecule has 0 aliphatic heterocycles. The molecule has 13 heavy (non-hydrogen) atoms. The summed E-state index contributed by atoms with van der Waals surface area (Å²) in [5.41, 5.74) is 5.20. The van der Waals surface area contributed by atoms with Crippen LogP contribution in [0, 0.1) is 20.8 Å². The second kappa shape index (κ2) is 4.40. The molecule has 0 amide bonds. The van der Waals surface area contributed by atoms with Crippen molar-refractivity contribution in [1.29, 1.82) is 0 Å². The predicted molar refractivity (Wildman–Crippen MR) is 57.1 cm³/mol. The summed E-state index contributed by atoms with van der Waals surface area (Å²) in [6.07, 6.45) is 3.71. The Morgan fingerprint density at radius 2 is 1.92 bits per heavy atom. The Hall–Kier alpha value is -0.850. The van der Waals surface area contributed by atoms with Crippen LogP contribution in [-0.2, 0) is 6.42 Å². The summed E-state index contributed by atoms with van der Waals surface area (Å²) >= 11 is 0. The van der Waals surface area contributed by atoms with Gasteiger partial charge in [0, 0.05) is 11.4 Å². The molecule has 1 heterocycles. The Morgan fingerprint density at radius 3 is 2.46 bits per heavy atom. The highest BCUT2D eigenvalue weighted by molar-refractivity contribution is 5.30. The van der Waals surface area contributed by atoms with Crippen LogP contribution in [0.5, 0.6) is 0 Å². The number of aryl methyl sites for hydroxylation is 3. The minimum Gasteiger partial charge on any atom is -0.258 e. The minimum absolute atomic E-state index is 1.13. The van der Waals surface area contributed by atoms with Crippen molar-refractivity contribution in [3.63, 3.8) is 0 Å². The van der Waals surface area contributed by atoms with Crippen molar-refractivity contribution < 1.29 is 0 Å². The fraction of sp³-hybridized carbons (Fsp3) is 0.583. The second-order valence-electron chi connectivity index (χ2n) is 3.75. The Morgan fingerprint density at radius 1 is 1.23 bits per heavy atom. The molecule has 0 aromatic carbocycles. The third kappa shape index (κ3) is 2.55. The van der Waals surface area contributed by atoms with Crippen LogP contribution >= 0.6 is 0 Å². The first-order chi connectivity index (χ1) is 6.15. The van der Waals surface area contributed by atoms with Crippen LogP contribution in [0.2, 0.25) is 0 Å². The number of hydrogen-bond donors (Lipinski definition) is 0. The monoisotopic (exact) mass is 177 g/mol. The molecule has 0 saturated heterocycles. The topological polar surface area (TPSA) is 12.9 Å². The summed E-state index contributed by atoms with van der Waals surface area (Å²) in [6, 6.07) is 2.18. The van der Waals surface area contributed by atoms with Gasteiger partial charge in [0.25, 0.3) is 0 Å². The van der Waals surface area contributed by atoms with Gasteiger partial charge in [-0.25, -0.2) is 0 Å². The molecule has 1 aromatic rings. The minimum atomic E-state index is 1.13. The first-order valence-electron chi connectivity index (χ1n) is 5.09. The molecule has 0 spiro atoms. The maximum Gasteiger partial charge on any atom is 0.0410 e. The van der Waals surface area contributed by atoms with Crippen LogP contribution in [0.1, 0.15) is 42.3 Å². The van der Waals surface area contributed by atoms with Gasteiger partial charge in [-0.2, -0.15) is 0 Å². The van der Waals surface area contributed by atoms with Gasteiger partial charge in [0.2, 0.25) is 0 Å². The summed E-state index contributed by atoms with van der Waals surface area (Å²) in [7, 11) is 0. The van der Waals surface area contributed by atoms with Gasteiger partial charge >= 0.3 is 0 Å². The zero-order valence-electron chi connectivity index (χ0n) is 9.15. The molecule has 1 heteroatoms. The van der Waals surface area contributed by atoms with Crippen LogP contribution in [0.15, 0.2) is 6.07 Å². The lowest BCUT2D eigenvalue weighted by atomic mass is 10.0. The van der Waals surface area contributed by atoms with Crippen molar-refractivity contribution in [2.24, 2.45) is 0 Å². The Bertz CT molecular complexity index is 266. The van der Waals surface area contributed by atoms with Crippen molar-refractivity contribution in [1.82, 2.24) is 4.98 Å². The highest BCUT2D eigenvalue weighted by atomic mass is 14.7. The van der Waals surface area contributed by atoms with E-state index in [0.29, 0.717) is 0 Å². The predicted octanol–water partition coefficient (Wildman–Crippen LogP) is 3.35. The van der Waals surface area contributed by atoms with E-state index in [1.165, 1.54) is 36.1 Å². The summed E-state index contributed by atoms with van der Waals surface area (Å²) in [6.45, 7) is 8.59. The highest BCUT2D eigenvalue weighted by Gasteiger charge is 2.03. The zero-order chi connectivity index (χ0) is 9.84. The van der Waals surface area contributed by atoms with Crippen molar-refractivity contribution in [2.75, 3.05) is 0 Å². The molecular formula is C12H19N. The fourth-order valence-electron chi connectivity index (χ4n) is 1.78. The quantitative estimate of drug-likeness (QED) is 0.690. The number of aromatic nitrogens is 1. The van der Waals surface area contributed by atoms with Crippen molar-refractivity contribution in [3.05, 3.63) is 28.6 Å². The molecule has 0 aliphatic carbocycles. The highest BCUT2D eigenvalue weighted by Crippen LogP contribution is 2.15. The summed E-state index contributed by atoms with van der Waals surface area (Å²) in [4.78, 5) is 4.49. The Balaban J connectivity index is 2.92. The lowest BCUT2D eigenvalue weighted by molar-refractivity contribution is 0.780. The average molecular weight is 177 g/mol. The van der Waals surface area contributed by atoms with Crippen LogP contribution in [-0.4, -0.2) is 4.98 Å². The van der Waals surface area contributed by atoms with E-state index >= 15 is 0 Å². The maximum atomic E-state index is 4.49. The third-order valence-electron chi connectivity index (χ3n) is 2.46. The van der Waals surface area contributed by atoms with E-state index in [1.807, 2.05) is 0 Å². The zero-order valence-corrected chi connectivity index (χ0v) is 9.15. The van der Waals surface area contributed by atoms with Gasteiger partial charge in [-0.3, -0.25) is 4.98 Å². The molecule has 0 bridgehead atoms. The average Bonchev–Trinajstić information content (AvgIpc) is 2.02. The molecule has 0 fully saturated rings. The number of rotatable bonds is 3. The lowest BCUT2D eigenvalue weighted by Gasteiger charge is -2.09. The lowest BCUT2D eigenvalue weighted by Crippen LogP contribution is -1.98. The summed E-state index contributed by atoms with van der Waals surface area (Å²) < 4.78 is 0. The van der Waals surface area contributed by atoms with Crippen LogP contribution < -0.4 is 0 Å². The van der Waals surface area contributed by atoms with Gasteiger partial charge in [-0.05, 0) is 50.8 Å². The fourth-order valence-corrected chi connectivity index (χ4v) is 1.78. The van der Waals surface area contributed by atoms with Gasteiger partial charge in [0.05, 0.1) is 0 Å². The molecule has 0 atom stereocenters. The van der Waals surface area contributed by atoms with Crippen LogP contribution in [0.4, 0.5) is 0 Å². The van der Waals surface area contributed by atoms with Gasteiger partial charge in [0.1, 0.15) is 0 Å². The van der Waals surface area contributed by atoms with Crippen molar-refractivity contribution in [3.8, 4) is 0 Å². The van der Waals surface area contributed by atoms with E-state index in [1.54, 1.807) is 0 Å². The SMILES string of the molecule is CCCCc1c(C)cc(C)nc1C. The standard InChI is InChI=1S/C12H19N/c1-5-6-7-12-9(2)8-10(3)13-11(12)4/h8H,5-7H2,1-4H3. The third-order valence-corrected chi connectivity index (χ3v) is 2.46. The van der Waals surface area contributed by atoms with Crippen LogP contribution in [0.3, 0.4) is 0 Å². The van der Waals surface area contributed by atoms with Crippen molar-refractivity contribution in [2.45, 2.75) is 47.0 Å². The molecule has 0 N–H and O–H groups in total. The van der Waals surface area contributed by atoms with E-state index in [9.17, 15) is 0 Å². The van der Waals surface area contributed by atoms with E-state index in [2.05, 4.69) is 38.7 Å². The molecule has 0 radical (unpaired) electrons. The molecule has 1 nitrogen and oxygen atoms in total. The van der Waals surface area contributed by atoms with Gasteiger partial charge < -0.3 is 0 Å². The number of unbranched alkanes of at least 4 members (excludes halogenated alkanes) is 1. The molecule has 0 saturated carbocycles. The first-order valence-corrected chi connectivity index (χ1v) is 5.09. The first kappa shape index (κ1) is 10.2. The summed E-state index contributed by atoms with van der Waals surface area (Å²) in [5, 5.41) is 0. The maximum absolute atomic E-state index is 4.49. The molecule has 1 aromatic heterocycles. The van der Waals surface area contributed by atoms with Gasteiger partial charge in [0.15, 0.2) is 0 Å². The largest absolute Gasteiger partial charge is 0.258 e. The van der Waals surface area contributed by atoms with E-state index in [0.717, 1.165) is 5.69 Å². The van der Waals surface area contributed by atoms with Crippen molar-refractivity contribution >= 4 is 0 Å². The van der Waals surface area contributed by atoms with E-state index in [4.69, 9.17) is 0 Å². The molecular weight excluding hydrogens is 158 g/mol. The molecule has 0 unspecified atom stereocenters. The van der Waals surface area contributed by atoms with E-state index < -0.39 is 0 Å². The number of nitrogens with zero attached hydrogens (tertiary/aromatic N) is 1. The molecule has 72 valence electrons. The normalized spacial score (nSPS) is 10.5. The second-order valence-corrected chi connectivity index (χ2v) is 3.75.